The van der Waals surface area contributed by atoms with E-state index in [0.29, 0.717) is 39.7 Å². The van der Waals surface area contributed by atoms with E-state index in [9.17, 15) is 14.9 Å². The molecule has 2 aliphatic rings. The zero-order valence-corrected chi connectivity index (χ0v) is 21.5. The van der Waals surface area contributed by atoms with Crippen LogP contribution in [0, 0.1) is 22.5 Å². The van der Waals surface area contributed by atoms with Crippen molar-refractivity contribution in [1.29, 1.82) is 0 Å². The van der Waals surface area contributed by atoms with Crippen LogP contribution in [0.1, 0.15) is 49.6 Å². The molecule has 0 spiro atoms. The molecule has 7 heteroatoms. The second-order valence-corrected chi connectivity index (χ2v) is 11.1. The molecule has 186 valence electrons. The standard InChI is InChI=1S/C30H25ClN2O4/c1-16-12-23(33(35)36)19(13-21(16)31)25-10-11-26(37-25)29-28-20(14-30(2,3)15-24(28)34)27-18-7-5-4-6-17(18)8-9-22(27)32-29/h4-13,29,32H,14-15H2,1-3H3. The largest absolute Gasteiger partial charge is 0.458 e. The third-order valence-electron chi connectivity index (χ3n) is 7.39. The summed E-state index contributed by atoms with van der Waals surface area (Å²) in [4.78, 5) is 25.0. The van der Waals surface area contributed by atoms with E-state index in [2.05, 4.69) is 43.4 Å². The number of nitrogens with one attached hydrogen (secondary N) is 1. The van der Waals surface area contributed by atoms with E-state index in [0.717, 1.165) is 34.0 Å². The number of nitrogens with zero attached hydrogens (tertiary/aromatic N) is 1. The quantitative estimate of drug-likeness (QED) is 0.220. The third kappa shape index (κ3) is 3.83. The van der Waals surface area contributed by atoms with Crippen LogP contribution in [-0.4, -0.2) is 10.7 Å². The number of hydrogen-bond donors (Lipinski definition) is 1. The number of carbonyl (C=O) groups excluding carboxylic acids is 1. The average Bonchev–Trinajstić information content (AvgIpc) is 3.33. The van der Waals surface area contributed by atoms with Gasteiger partial charge in [0.15, 0.2) is 5.78 Å². The van der Waals surface area contributed by atoms with Crippen LogP contribution in [-0.2, 0) is 4.79 Å². The first-order valence-corrected chi connectivity index (χ1v) is 12.6. The summed E-state index contributed by atoms with van der Waals surface area (Å²) in [6, 6.07) is 18.3. The monoisotopic (exact) mass is 512 g/mol. The summed E-state index contributed by atoms with van der Waals surface area (Å²) >= 11 is 6.31. The summed E-state index contributed by atoms with van der Waals surface area (Å²) < 4.78 is 6.23. The normalized spacial score (nSPS) is 18.4. The zero-order valence-electron chi connectivity index (χ0n) is 20.7. The molecule has 3 aromatic carbocycles. The van der Waals surface area contributed by atoms with E-state index in [1.54, 1.807) is 25.1 Å². The molecule has 1 aliphatic carbocycles. The van der Waals surface area contributed by atoms with E-state index in [1.165, 1.54) is 6.07 Å². The second kappa shape index (κ2) is 8.32. The van der Waals surface area contributed by atoms with Crippen molar-refractivity contribution in [3.05, 3.63) is 98.3 Å². The number of nitro groups is 1. The molecule has 0 saturated carbocycles. The van der Waals surface area contributed by atoms with Crippen LogP contribution < -0.4 is 5.32 Å². The van der Waals surface area contributed by atoms with Gasteiger partial charge in [0.25, 0.3) is 5.69 Å². The van der Waals surface area contributed by atoms with Gasteiger partial charge >= 0.3 is 0 Å². The van der Waals surface area contributed by atoms with Crippen molar-refractivity contribution in [2.75, 3.05) is 5.32 Å². The van der Waals surface area contributed by atoms with Crippen LogP contribution in [0.3, 0.4) is 0 Å². The van der Waals surface area contributed by atoms with Gasteiger partial charge in [-0.25, -0.2) is 0 Å². The van der Waals surface area contributed by atoms with Gasteiger partial charge in [-0.2, -0.15) is 0 Å². The molecular weight excluding hydrogens is 488 g/mol. The van der Waals surface area contributed by atoms with Crippen molar-refractivity contribution in [3.63, 3.8) is 0 Å². The van der Waals surface area contributed by atoms with Crippen LogP contribution in [0.4, 0.5) is 11.4 Å². The van der Waals surface area contributed by atoms with Crippen LogP contribution in [0.25, 0.3) is 27.7 Å². The Morgan fingerprint density at radius 2 is 1.86 bits per heavy atom. The van der Waals surface area contributed by atoms with E-state index in [-0.39, 0.29) is 16.9 Å². The van der Waals surface area contributed by atoms with Crippen LogP contribution >= 0.6 is 11.6 Å². The molecule has 1 N–H and O–H groups in total. The zero-order chi connectivity index (χ0) is 26.1. The molecule has 0 fully saturated rings. The number of nitro benzene ring substituents is 1. The number of furan rings is 1. The van der Waals surface area contributed by atoms with E-state index < -0.39 is 11.0 Å². The number of carbonyl (C=O) groups is 1. The maximum atomic E-state index is 13.6. The summed E-state index contributed by atoms with van der Waals surface area (Å²) in [6.07, 6.45) is 1.20. The molecule has 4 aromatic rings. The van der Waals surface area contributed by atoms with Crippen molar-refractivity contribution >= 4 is 45.1 Å². The van der Waals surface area contributed by atoms with Gasteiger partial charge in [0.05, 0.1) is 10.5 Å². The molecule has 37 heavy (non-hydrogen) atoms. The summed E-state index contributed by atoms with van der Waals surface area (Å²) in [5, 5.41) is 18.0. The molecule has 1 atom stereocenters. The Morgan fingerprint density at radius 3 is 2.65 bits per heavy atom. The fraction of sp³-hybridized carbons (Fsp3) is 0.233. The fourth-order valence-corrected chi connectivity index (χ4v) is 5.88. The minimum absolute atomic E-state index is 0.0772. The highest BCUT2D eigenvalue weighted by Gasteiger charge is 2.42. The Hall–Kier alpha value is -3.90. The maximum absolute atomic E-state index is 13.6. The van der Waals surface area contributed by atoms with Crippen molar-refractivity contribution in [3.8, 4) is 11.3 Å². The maximum Gasteiger partial charge on any atom is 0.280 e. The summed E-state index contributed by atoms with van der Waals surface area (Å²) in [6.45, 7) is 5.98. The molecule has 1 aromatic heterocycles. The number of anilines is 1. The number of allylic oxidation sites excluding steroid dienone is 1. The van der Waals surface area contributed by atoms with Crippen LogP contribution in [0.15, 0.2) is 70.7 Å². The molecule has 0 bridgehead atoms. The van der Waals surface area contributed by atoms with E-state index in [4.69, 9.17) is 16.0 Å². The smallest absolute Gasteiger partial charge is 0.280 e. The van der Waals surface area contributed by atoms with Crippen molar-refractivity contribution < 1.29 is 14.1 Å². The fourth-order valence-electron chi connectivity index (χ4n) is 5.72. The van der Waals surface area contributed by atoms with Crippen LogP contribution in [0.5, 0.6) is 0 Å². The highest BCUT2D eigenvalue weighted by molar-refractivity contribution is 6.31. The van der Waals surface area contributed by atoms with Crippen molar-refractivity contribution in [1.82, 2.24) is 0 Å². The Morgan fingerprint density at radius 1 is 1.08 bits per heavy atom. The third-order valence-corrected chi connectivity index (χ3v) is 7.80. The van der Waals surface area contributed by atoms with Crippen LogP contribution in [0.2, 0.25) is 5.02 Å². The molecule has 6 nitrogen and oxygen atoms in total. The molecule has 1 unspecified atom stereocenters. The number of aryl methyl sites for hydroxylation is 1. The molecule has 0 radical (unpaired) electrons. The number of hydrogen-bond acceptors (Lipinski definition) is 5. The first-order chi connectivity index (χ1) is 17.6. The highest BCUT2D eigenvalue weighted by atomic mass is 35.5. The number of halogens is 1. The molecule has 1 aliphatic heterocycles. The van der Waals surface area contributed by atoms with Gasteiger partial charge < -0.3 is 9.73 Å². The van der Waals surface area contributed by atoms with Gasteiger partial charge in [-0.1, -0.05) is 55.8 Å². The lowest BCUT2D eigenvalue weighted by molar-refractivity contribution is -0.384. The number of Topliss-reactive ketones (excluding diaryl/α,β-unsaturated/α-hetero) is 1. The van der Waals surface area contributed by atoms with E-state index >= 15 is 0 Å². The van der Waals surface area contributed by atoms with Gasteiger partial charge in [-0.05, 0) is 64.9 Å². The van der Waals surface area contributed by atoms with Crippen molar-refractivity contribution in [2.45, 2.75) is 39.7 Å². The molecule has 0 amide bonds. The summed E-state index contributed by atoms with van der Waals surface area (Å²) in [5.74, 6) is 0.949. The van der Waals surface area contributed by atoms with Crippen molar-refractivity contribution in [2.24, 2.45) is 5.41 Å². The Labute approximate surface area is 219 Å². The second-order valence-electron chi connectivity index (χ2n) is 10.7. The Bertz CT molecular complexity index is 1660. The number of fused-ring (bicyclic) bond motifs is 4. The molecule has 6 rings (SSSR count). The predicted octanol–water partition coefficient (Wildman–Crippen LogP) is 8.28. The lowest BCUT2D eigenvalue weighted by atomic mass is 9.68. The number of benzene rings is 3. The van der Waals surface area contributed by atoms with E-state index in [1.807, 2.05) is 12.1 Å². The summed E-state index contributed by atoms with van der Waals surface area (Å²) in [7, 11) is 0. The highest BCUT2D eigenvalue weighted by Crippen LogP contribution is 2.52. The van der Waals surface area contributed by atoms with Gasteiger partial charge in [-0.3, -0.25) is 14.9 Å². The Balaban J connectivity index is 1.53. The number of rotatable bonds is 3. The SMILES string of the molecule is Cc1cc([N+](=O)[O-])c(-c2ccc(C3Nc4ccc5ccccc5c4C4=C3C(=O)CC(C)(C)C4)o2)cc1Cl. The molecule has 2 heterocycles. The predicted molar refractivity (Wildman–Crippen MR) is 146 cm³/mol. The first kappa shape index (κ1) is 23.5. The topological polar surface area (TPSA) is 85.4 Å². The number of ketones is 1. The Kier molecular flexibility index (Phi) is 5.28. The van der Waals surface area contributed by atoms with Gasteiger partial charge in [0.1, 0.15) is 17.6 Å². The molecular formula is C30H25ClN2O4. The lowest BCUT2D eigenvalue weighted by Gasteiger charge is -2.39. The minimum Gasteiger partial charge on any atom is -0.458 e. The summed E-state index contributed by atoms with van der Waals surface area (Å²) in [5.41, 5.74) is 4.44. The lowest BCUT2D eigenvalue weighted by Crippen LogP contribution is -2.33. The molecule has 0 saturated heterocycles. The van der Waals surface area contributed by atoms with Gasteiger partial charge in [0.2, 0.25) is 0 Å². The van der Waals surface area contributed by atoms with Gasteiger partial charge in [-0.15, -0.1) is 0 Å². The van der Waals surface area contributed by atoms with Gasteiger partial charge in [0, 0.05) is 34.3 Å². The first-order valence-electron chi connectivity index (χ1n) is 12.2. The minimum atomic E-state index is -0.499. The average molecular weight is 513 g/mol.